The average molecular weight is 665 g/mol. The van der Waals surface area contributed by atoms with Crippen molar-refractivity contribution >= 4 is 45.7 Å². The fourth-order valence-corrected chi connectivity index (χ4v) is 8.31. The molecule has 1 aromatic rings. The van der Waals surface area contributed by atoms with Crippen LogP contribution >= 0.6 is 11.8 Å². The molecule has 0 aromatic heterocycles. The molecule has 0 bridgehead atoms. The van der Waals surface area contributed by atoms with Crippen LogP contribution in [0.25, 0.3) is 0 Å². The van der Waals surface area contributed by atoms with Gasteiger partial charge >= 0.3 is 0 Å². The van der Waals surface area contributed by atoms with E-state index < -0.39 is 22.4 Å². The molecule has 0 radical (unpaired) electrons. The predicted octanol–water partition coefficient (Wildman–Crippen LogP) is 9.14. The Bertz CT molecular complexity index is 1230. The molecule has 2 aliphatic heterocycles. The van der Waals surface area contributed by atoms with Crippen LogP contribution in [-0.4, -0.2) is 52.9 Å². The first-order valence-electron chi connectivity index (χ1n) is 16.2. The SMILES string of the molecule is C/C(=C/CCc1c(O[Si](C)(C)C(C)(C)C)c(N)cc2c1SCC(=O)N2)[C@@H]1OC(C)(C)O[C@@H](CCO[Si](C)(C)C(C)(C)C)[C@@H]1C. The third-order valence-electron chi connectivity index (χ3n) is 10.0. The number of hydrogen-bond donors (Lipinski definition) is 2. The molecule has 3 rings (SSSR count). The standard InChI is InChI=1S/C34H60N2O5SSi2/c1-22(29-23(2)27(39-34(9,10)40-29)18-19-38-43(11,12)32(3,4)5)16-15-17-24-30(41-44(13,14)33(6,7)8)25(35)20-26-31(24)42-21-28(37)36-26/h16,20,23,27,29H,15,17-19,21,35H2,1-14H3,(H,36,37)/b22-16-/t23-,27-,29-/m0/s1. The summed E-state index contributed by atoms with van der Waals surface area (Å²) in [6.07, 6.45) is 4.69. The van der Waals surface area contributed by atoms with Crippen LogP contribution in [0.15, 0.2) is 22.6 Å². The van der Waals surface area contributed by atoms with E-state index in [0.717, 1.165) is 41.2 Å². The normalized spacial score (nSPS) is 23.3. The van der Waals surface area contributed by atoms with Gasteiger partial charge in [-0.2, -0.15) is 0 Å². The van der Waals surface area contributed by atoms with E-state index in [9.17, 15) is 4.79 Å². The molecule has 1 amide bonds. The Kier molecular flexibility index (Phi) is 11.3. The number of anilines is 2. The molecule has 2 aliphatic rings. The Morgan fingerprint density at radius 3 is 2.32 bits per heavy atom. The van der Waals surface area contributed by atoms with Gasteiger partial charge in [0.25, 0.3) is 8.32 Å². The summed E-state index contributed by atoms with van der Waals surface area (Å²) >= 11 is 1.57. The number of ether oxygens (including phenoxy) is 2. The molecule has 0 aliphatic carbocycles. The highest BCUT2D eigenvalue weighted by Crippen LogP contribution is 2.47. The largest absolute Gasteiger partial charge is 0.542 e. The van der Waals surface area contributed by atoms with Crippen LogP contribution in [0.1, 0.15) is 87.6 Å². The van der Waals surface area contributed by atoms with Crippen molar-refractivity contribution in [3.05, 3.63) is 23.3 Å². The van der Waals surface area contributed by atoms with Gasteiger partial charge in [-0.25, -0.2) is 0 Å². The van der Waals surface area contributed by atoms with Crippen LogP contribution in [0.3, 0.4) is 0 Å². The first-order valence-corrected chi connectivity index (χ1v) is 23.0. The summed E-state index contributed by atoms with van der Waals surface area (Å²) in [5, 5.41) is 3.23. The number of nitrogens with two attached hydrogens (primary N) is 1. The smallest absolute Gasteiger partial charge is 0.250 e. The number of hydrogen-bond acceptors (Lipinski definition) is 7. The quantitative estimate of drug-likeness (QED) is 0.146. The monoisotopic (exact) mass is 664 g/mol. The third-order valence-corrected chi connectivity index (χ3v) is 20.1. The minimum absolute atomic E-state index is 0.000749. The Morgan fingerprint density at radius 2 is 1.73 bits per heavy atom. The maximum atomic E-state index is 12.2. The highest BCUT2D eigenvalue weighted by Gasteiger charge is 2.43. The zero-order chi connectivity index (χ0) is 33.5. The maximum Gasteiger partial charge on any atom is 0.250 e. The van der Waals surface area contributed by atoms with Crippen LogP contribution in [0.5, 0.6) is 5.75 Å². The Morgan fingerprint density at radius 1 is 1.11 bits per heavy atom. The van der Waals surface area contributed by atoms with Crippen LogP contribution in [0, 0.1) is 5.92 Å². The van der Waals surface area contributed by atoms with E-state index in [1.54, 1.807) is 11.8 Å². The van der Waals surface area contributed by atoms with Crippen molar-refractivity contribution in [2.75, 3.05) is 23.4 Å². The number of rotatable bonds is 10. The molecule has 10 heteroatoms. The van der Waals surface area contributed by atoms with Gasteiger partial charge in [0.15, 0.2) is 14.1 Å². The summed E-state index contributed by atoms with van der Waals surface area (Å²) in [4.78, 5) is 13.3. The number of nitrogens with one attached hydrogen (secondary N) is 1. The molecule has 3 N–H and O–H groups in total. The molecule has 0 spiro atoms. The number of benzene rings is 1. The second-order valence-corrected chi connectivity index (χ2v) is 26.7. The zero-order valence-corrected chi connectivity index (χ0v) is 32.8. The summed E-state index contributed by atoms with van der Waals surface area (Å²) < 4.78 is 26.3. The third kappa shape index (κ3) is 8.73. The predicted molar refractivity (Wildman–Crippen MR) is 191 cm³/mol. The van der Waals surface area contributed by atoms with Gasteiger partial charge in [0, 0.05) is 23.0 Å². The summed E-state index contributed by atoms with van der Waals surface area (Å²) in [6, 6.07) is 1.86. The Labute approximate surface area is 274 Å². The fraction of sp³-hybridized carbons (Fsp3) is 0.735. The first kappa shape index (κ1) is 37.2. The van der Waals surface area contributed by atoms with Gasteiger partial charge in [-0.1, -0.05) is 54.5 Å². The molecule has 250 valence electrons. The van der Waals surface area contributed by atoms with E-state index in [1.165, 1.54) is 5.57 Å². The van der Waals surface area contributed by atoms with Crippen molar-refractivity contribution < 1.29 is 23.1 Å². The molecule has 0 unspecified atom stereocenters. The van der Waals surface area contributed by atoms with Crippen molar-refractivity contribution in [3.8, 4) is 5.75 Å². The molecule has 44 heavy (non-hydrogen) atoms. The van der Waals surface area contributed by atoms with Crippen molar-refractivity contribution in [1.82, 2.24) is 0 Å². The minimum Gasteiger partial charge on any atom is -0.542 e. The Balaban J connectivity index is 1.82. The van der Waals surface area contributed by atoms with Gasteiger partial charge in [0.1, 0.15) is 5.75 Å². The molecule has 7 nitrogen and oxygen atoms in total. The highest BCUT2D eigenvalue weighted by molar-refractivity contribution is 8.00. The number of amides is 1. The molecule has 2 heterocycles. The zero-order valence-electron chi connectivity index (χ0n) is 29.9. The van der Waals surface area contributed by atoms with Crippen molar-refractivity contribution in [1.29, 1.82) is 0 Å². The molecule has 0 saturated carbocycles. The van der Waals surface area contributed by atoms with E-state index in [2.05, 4.69) is 93.0 Å². The minimum atomic E-state index is -2.16. The lowest BCUT2D eigenvalue weighted by Crippen LogP contribution is -2.51. The average Bonchev–Trinajstić information content (AvgIpc) is 2.85. The van der Waals surface area contributed by atoms with Crippen molar-refractivity contribution in [2.45, 2.75) is 148 Å². The maximum absolute atomic E-state index is 12.2. The van der Waals surface area contributed by atoms with Gasteiger partial charge in [-0.15, -0.1) is 11.8 Å². The van der Waals surface area contributed by atoms with E-state index in [4.69, 9.17) is 24.1 Å². The first-order chi connectivity index (χ1) is 20.0. The van der Waals surface area contributed by atoms with Crippen molar-refractivity contribution in [2.24, 2.45) is 5.92 Å². The fourth-order valence-electron chi connectivity index (χ4n) is 5.21. The van der Waals surface area contributed by atoms with Gasteiger partial charge in [-0.05, 0) is 87.9 Å². The van der Waals surface area contributed by atoms with Crippen LogP contribution in [-0.2, 0) is 25.1 Å². The number of thioether (sulfide) groups is 1. The van der Waals surface area contributed by atoms with Gasteiger partial charge in [0.05, 0.1) is 29.3 Å². The van der Waals surface area contributed by atoms with E-state index in [0.29, 0.717) is 18.0 Å². The van der Waals surface area contributed by atoms with Crippen LogP contribution in [0.4, 0.5) is 11.4 Å². The topological polar surface area (TPSA) is 92.0 Å². The lowest BCUT2D eigenvalue weighted by atomic mass is 9.88. The summed E-state index contributed by atoms with van der Waals surface area (Å²) in [6.45, 7) is 31.7. The summed E-state index contributed by atoms with van der Waals surface area (Å²) in [5.74, 6) is 0.676. The number of carbonyl (C=O) groups excluding carboxylic acids is 1. The van der Waals surface area contributed by atoms with Crippen molar-refractivity contribution in [3.63, 3.8) is 0 Å². The highest BCUT2D eigenvalue weighted by atomic mass is 32.2. The van der Waals surface area contributed by atoms with Gasteiger partial charge in [-0.3, -0.25) is 4.79 Å². The van der Waals surface area contributed by atoms with E-state index in [1.807, 2.05) is 19.9 Å². The van der Waals surface area contributed by atoms with Gasteiger partial charge in [0.2, 0.25) is 5.91 Å². The lowest BCUT2D eigenvalue weighted by molar-refractivity contribution is -0.312. The molecule has 3 atom stereocenters. The molecular formula is C34H60N2O5SSi2. The second-order valence-electron chi connectivity index (χ2n) is 16.2. The summed E-state index contributed by atoms with van der Waals surface area (Å²) in [7, 11) is -3.98. The lowest BCUT2D eigenvalue weighted by Gasteiger charge is -2.46. The van der Waals surface area contributed by atoms with E-state index in [-0.39, 0.29) is 34.1 Å². The number of carbonyl (C=O) groups is 1. The molecule has 1 aromatic carbocycles. The molecule has 1 saturated heterocycles. The Hall–Kier alpha value is -1.31. The summed E-state index contributed by atoms with van der Waals surface area (Å²) in [5.41, 5.74) is 10.3. The van der Waals surface area contributed by atoms with Crippen LogP contribution in [0.2, 0.25) is 36.3 Å². The van der Waals surface area contributed by atoms with Gasteiger partial charge < -0.3 is 29.4 Å². The molecule has 1 fully saturated rings. The second kappa shape index (κ2) is 13.4. The molecular weight excluding hydrogens is 605 g/mol. The number of nitrogen functional groups attached to an aromatic ring is 1. The number of fused-ring (bicyclic) bond motifs is 1. The van der Waals surface area contributed by atoms with E-state index >= 15 is 0 Å². The van der Waals surface area contributed by atoms with Crippen LogP contribution < -0.4 is 15.5 Å². The number of allylic oxidation sites excluding steroid dienone is 1.